The number of hydrogen-bond donors (Lipinski definition) is 5. The van der Waals surface area contributed by atoms with Crippen molar-refractivity contribution >= 4 is 5.97 Å². The number of ether oxygens (including phenoxy) is 1. The molecule has 0 fully saturated rings. The maximum atomic E-state index is 10.9. The minimum atomic E-state index is -1.96. The number of rotatable bonds is 6. The first-order valence-electron chi connectivity index (χ1n) is 4.45. The molecule has 0 aromatic rings. The van der Waals surface area contributed by atoms with Crippen LogP contribution in [0.3, 0.4) is 0 Å². The van der Waals surface area contributed by atoms with Gasteiger partial charge >= 0.3 is 5.97 Å². The zero-order valence-corrected chi connectivity index (χ0v) is 8.28. The number of aliphatic hydroxyl groups excluding tert-OH is 5. The Morgan fingerprint density at radius 1 is 1.20 bits per heavy atom. The summed E-state index contributed by atoms with van der Waals surface area (Å²) in [4.78, 5) is 10.9. The molecule has 15 heavy (non-hydrogen) atoms. The molecule has 0 aliphatic heterocycles. The Balaban J connectivity index is 4.29. The van der Waals surface area contributed by atoms with Crippen LogP contribution in [0.4, 0.5) is 0 Å². The SMILES string of the molecule is CCOC(=O)[C@@H](O)[C@@H](O)[C@H](O)[C@H](O)CO. The molecule has 4 atom stereocenters. The quantitative estimate of drug-likeness (QED) is 0.304. The maximum absolute atomic E-state index is 10.9. The van der Waals surface area contributed by atoms with Crippen molar-refractivity contribution in [3.63, 3.8) is 0 Å². The van der Waals surface area contributed by atoms with Gasteiger partial charge in [0, 0.05) is 0 Å². The molecule has 0 saturated carbocycles. The summed E-state index contributed by atoms with van der Waals surface area (Å²) in [6.45, 7) is 0.727. The van der Waals surface area contributed by atoms with Crippen LogP contribution in [0, 0.1) is 0 Å². The first-order chi connectivity index (χ1) is 6.95. The van der Waals surface area contributed by atoms with Crippen molar-refractivity contribution in [2.45, 2.75) is 31.3 Å². The largest absolute Gasteiger partial charge is 0.464 e. The van der Waals surface area contributed by atoms with Gasteiger partial charge in [0.05, 0.1) is 13.2 Å². The van der Waals surface area contributed by atoms with Crippen molar-refractivity contribution in [3.8, 4) is 0 Å². The lowest BCUT2D eigenvalue weighted by molar-refractivity contribution is -0.169. The summed E-state index contributed by atoms with van der Waals surface area (Å²) in [5.74, 6) is -1.10. The average Bonchev–Trinajstić information content (AvgIpc) is 2.25. The summed E-state index contributed by atoms with van der Waals surface area (Å²) in [6.07, 6.45) is -7.33. The number of carbonyl (C=O) groups excluding carboxylic acids is 1. The number of hydrogen-bond acceptors (Lipinski definition) is 7. The summed E-state index contributed by atoms with van der Waals surface area (Å²) in [7, 11) is 0. The van der Waals surface area contributed by atoms with E-state index in [1.807, 2.05) is 0 Å². The Kier molecular flexibility index (Phi) is 6.37. The molecule has 0 spiro atoms. The first kappa shape index (κ1) is 14.3. The Bertz CT molecular complexity index is 195. The van der Waals surface area contributed by atoms with E-state index in [1.165, 1.54) is 6.92 Å². The molecule has 0 amide bonds. The highest BCUT2D eigenvalue weighted by Gasteiger charge is 2.34. The van der Waals surface area contributed by atoms with Gasteiger partial charge in [-0.3, -0.25) is 0 Å². The number of carbonyl (C=O) groups is 1. The van der Waals surface area contributed by atoms with Crippen LogP contribution < -0.4 is 0 Å². The molecule has 0 unspecified atom stereocenters. The minimum absolute atomic E-state index is 0.0151. The van der Waals surface area contributed by atoms with Gasteiger partial charge in [-0.15, -0.1) is 0 Å². The molecule has 0 radical (unpaired) electrons. The Morgan fingerprint density at radius 3 is 2.13 bits per heavy atom. The molecule has 0 aromatic heterocycles. The lowest BCUT2D eigenvalue weighted by atomic mass is 10.0. The van der Waals surface area contributed by atoms with Gasteiger partial charge in [-0.25, -0.2) is 4.79 Å². The van der Waals surface area contributed by atoms with Crippen LogP contribution in [0.2, 0.25) is 0 Å². The second-order valence-corrected chi connectivity index (χ2v) is 2.93. The number of aliphatic hydroxyl groups is 5. The molecule has 5 N–H and O–H groups in total. The van der Waals surface area contributed by atoms with E-state index in [0.717, 1.165) is 0 Å². The molecule has 0 aliphatic rings. The van der Waals surface area contributed by atoms with E-state index < -0.39 is 37.0 Å². The maximum Gasteiger partial charge on any atom is 0.337 e. The third kappa shape index (κ3) is 4.10. The third-order valence-electron chi connectivity index (χ3n) is 1.78. The van der Waals surface area contributed by atoms with E-state index >= 15 is 0 Å². The third-order valence-corrected chi connectivity index (χ3v) is 1.78. The van der Waals surface area contributed by atoms with E-state index in [0.29, 0.717) is 0 Å². The number of esters is 1. The minimum Gasteiger partial charge on any atom is -0.464 e. The molecule has 90 valence electrons. The van der Waals surface area contributed by atoms with E-state index in [1.54, 1.807) is 0 Å². The average molecular weight is 224 g/mol. The van der Waals surface area contributed by atoms with Gasteiger partial charge in [-0.1, -0.05) is 0 Å². The topological polar surface area (TPSA) is 127 Å². The van der Waals surface area contributed by atoms with Crippen molar-refractivity contribution in [1.29, 1.82) is 0 Å². The van der Waals surface area contributed by atoms with Crippen LogP contribution in [0.1, 0.15) is 6.92 Å². The van der Waals surface area contributed by atoms with Crippen molar-refractivity contribution in [3.05, 3.63) is 0 Å². The van der Waals surface area contributed by atoms with Gasteiger partial charge in [0.25, 0.3) is 0 Å². The molecule has 7 heteroatoms. The molecule has 0 bridgehead atoms. The molecule has 0 rings (SSSR count). The molecule has 0 heterocycles. The van der Waals surface area contributed by atoms with Gasteiger partial charge in [0.1, 0.15) is 18.3 Å². The van der Waals surface area contributed by atoms with E-state index in [2.05, 4.69) is 4.74 Å². The second kappa shape index (κ2) is 6.70. The fraction of sp³-hybridized carbons (Fsp3) is 0.875. The highest BCUT2D eigenvalue weighted by molar-refractivity contribution is 5.75. The first-order valence-corrected chi connectivity index (χ1v) is 4.45. The molecular formula is C8H16O7. The molecule has 0 saturated heterocycles. The lowest BCUT2D eigenvalue weighted by Crippen LogP contribution is -2.49. The van der Waals surface area contributed by atoms with Crippen molar-refractivity contribution < 1.29 is 35.1 Å². The summed E-state index contributed by atoms with van der Waals surface area (Å²) >= 11 is 0. The van der Waals surface area contributed by atoms with Crippen molar-refractivity contribution in [1.82, 2.24) is 0 Å². The molecule has 7 nitrogen and oxygen atoms in total. The Labute approximate surface area is 86.5 Å². The zero-order valence-electron chi connectivity index (χ0n) is 8.28. The van der Waals surface area contributed by atoms with E-state index in [9.17, 15) is 9.90 Å². The Morgan fingerprint density at radius 2 is 1.73 bits per heavy atom. The van der Waals surface area contributed by atoms with Gasteiger partial charge in [0.15, 0.2) is 6.10 Å². The van der Waals surface area contributed by atoms with Crippen molar-refractivity contribution in [2.24, 2.45) is 0 Å². The predicted octanol–water partition coefficient (Wildman–Crippen LogP) is -3.01. The van der Waals surface area contributed by atoms with Crippen LogP contribution in [0.25, 0.3) is 0 Å². The molecular weight excluding hydrogens is 208 g/mol. The van der Waals surface area contributed by atoms with Gasteiger partial charge in [-0.2, -0.15) is 0 Å². The summed E-state index contributed by atoms with van der Waals surface area (Å²) < 4.78 is 4.38. The van der Waals surface area contributed by atoms with Gasteiger partial charge in [-0.05, 0) is 6.92 Å². The summed E-state index contributed by atoms with van der Waals surface area (Å²) in [5.41, 5.74) is 0. The van der Waals surface area contributed by atoms with Crippen LogP contribution in [-0.4, -0.2) is 69.1 Å². The second-order valence-electron chi connectivity index (χ2n) is 2.93. The smallest absolute Gasteiger partial charge is 0.337 e. The Hall–Kier alpha value is -0.730. The lowest BCUT2D eigenvalue weighted by Gasteiger charge is -2.24. The van der Waals surface area contributed by atoms with Gasteiger partial charge in [0.2, 0.25) is 0 Å². The van der Waals surface area contributed by atoms with Crippen LogP contribution in [0.15, 0.2) is 0 Å². The summed E-state index contributed by atoms with van der Waals surface area (Å²) in [5, 5.41) is 44.9. The monoisotopic (exact) mass is 224 g/mol. The highest BCUT2D eigenvalue weighted by atomic mass is 16.5. The zero-order chi connectivity index (χ0) is 12.0. The van der Waals surface area contributed by atoms with E-state index in [4.69, 9.17) is 20.4 Å². The fourth-order valence-corrected chi connectivity index (χ4v) is 0.889. The standard InChI is InChI=1S/C8H16O7/c1-2-15-8(14)7(13)6(12)5(11)4(10)3-9/h4-7,9-13H,2-3H2,1H3/t4-,5-,6+,7+/m1/s1. The van der Waals surface area contributed by atoms with E-state index in [-0.39, 0.29) is 6.61 Å². The van der Waals surface area contributed by atoms with Crippen molar-refractivity contribution in [2.75, 3.05) is 13.2 Å². The fourth-order valence-electron chi connectivity index (χ4n) is 0.889. The normalized spacial score (nSPS) is 19.1. The highest BCUT2D eigenvalue weighted by Crippen LogP contribution is 2.06. The van der Waals surface area contributed by atoms with Crippen LogP contribution in [0.5, 0.6) is 0 Å². The van der Waals surface area contributed by atoms with Gasteiger partial charge < -0.3 is 30.3 Å². The van der Waals surface area contributed by atoms with Crippen LogP contribution >= 0.6 is 0 Å². The summed E-state index contributed by atoms with van der Waals surface area (Å²) in [6, 6.07) is 0. The molecule has 0 aliphatic carbocycles. The molecule has 0 aromatic carbocycles. The van der Waals surface area contributed by atoms with Crippen LogP contribution in [-0.2, 0) is 9.53 Å². The predicted molar refractivity (Wildman–Crippen MR) is 47.7 cm³/mol.